The molecule has 1 saturated heterocycles. The molecule has 14 heavy (non-hydrogen) atoms. The summed E-state index contributed by atoms with van der Waals surface area (Å²) in [4.78, 5) is 2.58. The number of rotatable bonds is 1. The Hall–Kier alpha value is -0.480. The molecule has 0 saturated carbocycles. The van der Waals surface area contributed by atoms with Crippen LogP contribution in [0, 0.1) is 0 Å². The summed E-state index contributed by atoms with van der Waals surface area (Å²) in [7, 11) is 0. The van der Waals surface area contributed by atoms with E-state index in [-0.39, 0.29) is 0 Å². The second kappa shape index (κ2) is 3.59. The van der Waals surface area contributed by atoms with Crippen LogP contribution in [-0.2, 0) is 13.0 Å². The van der Waals surface area contributed by atoms with Gasteiger partial charge in [-0.05, 0) is 12.2 Å². The molecule has 0 N–H and O–H groups in total. The van der Waals surface area contributed by atoms with Crippen molar-refractivity contribution in [2.24, 2.45) is 0 Å². The van der Waals surface area contributed by atoms with Crippen LogP contribution < -0.4 is 0 Å². The largest absolute Gasteiger partial charge is 0.364 e. The van der Waals surface area contributed by atoms with E-state index in [1.54, 1.807) is 0 Å². The van der Waals surface area contributed by atoms with Gasteiger partial charge >= 0.3 is 0 Å². The van der Waals surface area contributed by atoms with Crippen molar-refractivity contribution in [1.29, 1.82) is 0 Å². The Bertz CT molecular complexity index is 320. The lowest BCUT2D eigenvalue weighted by Gasteiger charge is -2.30. The molecule has 1 aromatic rings. The third-order valence-corrected chi connectivity index (χ3v) is 4.30. The molecular formula is C10H14N2OS. The molecule has 0 amide bonds. The fourth-order valence-corrected chi connectivity index (χ4v) is 3.54. The first-order valence-electron chi connectivity index (χ1n) is 5.17. The minimum atomic E-state index is 0.794. The van der Waals surface area contributed by atoms with Crippen molar-refractivity contribution in [1.82, 2.24) is 10.1 Å². The van der Waals surface area contributed by atoms with Gasteiger partial charge < -0.3 is 4.52 Å². The minimum absolute atomic E-state index is 0.794. The fourth-order valence-electron chi connectivity index (χ4n) is 2.28. The summed E-state index contributed by atoms with van der Waals surface area (Å²) in [6, 6.07) is 0.794. The summed E-state index contributed by atoms with van der Waals surface area (Å²) in [6.07, 6.45) is 4.22. The monoisotopic (exact) mass is 210 g/mol. The van der Waals surface area contributed by atoms with Crippen molar-refractivity contribution in [2.75, 3.05) is 18.1 Å². The Morgan fingerprint density at radius 2 is 2.57 bits per heavy atom. The van der Waals surface area contributed by atoms with E-state index in [1.807, 2.05) is 6.26 Å². The lowest BCUT2D eigenvalue weighted by Crippen LogP contribution is -2.39. The summed E-state index contributed by atoms with van der Waals surface area (Å²) < 4.78 is 5.00. The summed E-state index contributed by atoms with van der Waals surface area (Å²) in [6.45, 7) is 2.20. The molecule has 1 aromatic heterocycles. The number of thioether (sulfide) groups is 1. The molecule has 2 aliphatic rings. The van der Waals surface area contributed by atoms with Crippen molar-refractivity contribution in [2.45, 2.75) is 25.4 Å². The Morgan fingerprint density at radius 1 is 1.57 bits per heavy atom. The van der Waals surface area contributed by atoms with E-state index in [9.17, 15) is 0 Å². The molecule has 0 aromatic carbocycles. The van der Waals surface area contributed by atoms with Crippen LogP contribution in [0.5, 0.6) is 0 Å². The maximum atomic E-state index is 5.00. The topological polar surface area (TPSA) is 29.3 Å². The first-order chi connectivity index (χ1) is 6.93. The Labute approximate surface area is 87.8 Å². The van der Waals surface area contributed by atoms with Gasteiger partial charge in [-0.25, -0.2) is 0 Å². The van der Waals surface area contributed by atoms with Crippen LogP contribution >= 0.6 is 11.8 Å². The zero-order chi connectivity index (χ0) is 9.38. The van der Waals surface area contributed by atoms with Crippen molar-refractivity contribution < 1.29 is 4.52 Å². The quantitative estimate of drug-likeness (QED) is 0.703. The van der Waals surface area contributed by atoms with Gasteiger partial charge in [-0.1, -0.05) is 5.16 Å². The Kier molecular flexibility index (Phi) is 2.25. The van der Waals surface area contributed by atoms with Crippen LogP contribution in [0.15, 0.2) is 10.8 Å². The molecule has 0 bridgehead atoms. The van der Waals surface area contributed by atoms with E-state index < -0.39 is 0 Å². The highest BCUT2D eigenvalue weighted by Gasteiger charge is 2.27. The second-order valence-corrected chi connectivity index (χ2v) is 5.17. The smallest absolute Gasteiger partial charge is 0.128 e. The van der Waals surface area contributed by atoms with Gasteiger partial charge in [0.1, 0.15) is 6.26 Å². The maximum absolute atomic E-state index is 5.00. The van der Waals surface area contributed by atoms with Gasteiger partial charge in [0, 0.05) is 36.9 Å². The number of nitrogens with zero attached hydrogens (tertiary/aromatic N) is 2. The minimum Gasteiger partial charge on any atom is -0.364 e. The summed E-state index contributed by atoms with van der Waals surface area (Å²) in [5.74, 6) is 2.64. The van der Waals surface area contributed by atoms with E-state index >= 15 is 0 Å². The van der Waals surface area contributed by atoms with E-state index in [0.29, 0.717) is 0 Å². The van der Waals surface area contributed by atoms with Gasteiger partial charge in [0.05, 0.1) is 5.69 Å². The average Bonchev–Trinajstić information content (AvgIpc) is 2.88. The lowest BCUT2D eigenvalue weighted by atomic mass is 10.1. The first-order valence-corrected chi connectivity index (χ1v) is 6.33. The third-order valence-electron chi connectivity index (χ3n) is 3.16. The molecule has 3 nitrogen and oxygen atoms in total. The van der Waals surface area contributed by atoms with Gasteiger partial charge in [-0.15, -0.1) is 0 Å². The molecule has 0 spiro atoms. The first kappa shape index (κ1) is 8.80. The summed E-state index contributed by atoms with van der Waals surface area (Å²) >= 11 is 2.08. The van der Waals surface area contributed by atoms with E-state index in [2.05, 4.69) is 21.8 Å². The van der Waals surface area contributed by atoms with Gasteiger partial charge in [0.25, 0.3) is 0 Å². The van der Waals surface area contributed by atoms with Gasteiger partial charge in [-0.2, -0.15) is 11.8 Å². The zero-order valence-electron chi connectivity index (χ0n) is 8.11. The predicted molar refractivity (Wildman–Crippen MR) is 56.3 cm³/mol. The summed E-state index contributed by atoms with van der Waals surface area (Å²) in [5.41, 5.74) is 2.47. The number of fused-ring (bicyclic) bond motifs is 1. The Morgan fingerprint density at radius 3 is 3.43 bits per heavy atom. The van der Waals surface area contributed by atoms with Gasteiger partial charge in [0.15, 0.2) is 0 Å². The van der Waals surface area contributed by atoms with Crippen molar-refractivity contribution in [3.8, 4) is 0 Å². The van der Waals surface area contributed by atoms with Gasteiger partial charge in [0.2, 0.25) is 0 Å². The highest BCUT2D eigenvalue weighted by molar-refractivity contribution is 7.99. The van der Waals surface area contributed by atoms with E-state index in [1.165, 1.54) is 29.2 Å². The van der Waals surface area contributed by atoms with Crippen LogP contribution in [0.4, 0.5) is 0 Å². The van der Waals surface area contributed by atoms with Crippen LogP contribution in [0.3, 0.4) is 0 Å². The van der Waals surface area contributed by atoms with E-state index in [0.717, 1.165) is 25.6 Å². The second-order valence-electron chi connectivity index (χ2n) is 4.02. The highest BCUT2D eigenvalue weighted by Crippen LogP contribution is 2.27. The lowest BCUT2D eigenvalue weighted by molar-refractivity contribution is 0.194. The third kappa shape index (κ3) is 1.46. The van der Waals surface area contributed by atoms with E-state index in [4.69, 9.17) is 4.52 Å². The molecule has 76 valence electrons. The molecule has 3 heterocycles. The molecule has 0 aliphatic carbocycles. The fraction of sp³-hybridized carbons (Fsp3) is 0.700. The number of hydrogen-bond acceptors (Lipinski definition) is 4. The van der Waals surface area contributed by atoms with Crippen molar-refractivity contribution in [3.63, 3.8) is 0 Å². The molecule has 4 heteroatoms. The summed E-state index contributed by atoms with van der Waals surface area (Å²) in [5, 5.41) is 4.01. The van der Waals surface area contributed by atoms with Crippen LogP contribution in [0.2, 0.25) is 0 Å². The molecule has 2 aliphatic heterocycles. The standard InChI is InChI=1S/C10H14N2OS/c1-3-12(9-2-4-14-7-9)5-8-6-13-11-10(1)8/h6,9H,1-5,7H2/t9-/m1/s1. The van der Waals surface area contributed by atoms with Crippen molar-refractivity contribution in [3.05, 3.63) is 17.5 Å². The molecular weight excluding hydrogens is 196 g/mol. The molecule has 3 rings (SSSR count). The number of hydrogen-bond donors (Lipinski definition) is 0. The molecule has 0 unspecified atom stereocenters. The van der Waals surface area contributed by atoms with Crippen molar-refractivity contribution >= 4 is 11.8 Å². The highest BCUT2D eigenvalue weighted by atomic mass is 32.2. The maximum Gasteiger partial charge on any atom is 0.128 e. The average molecular weight is 210 g/mol. The van der Waals surface area contributed by atoms with Gasteiger partial charge in [-0.3, -0.25) is 4.90 Å². The zero-order valence-corrected chi connectivity index (χ0v) is 8.92. The normalized spacial score (nSPS) is 27.9. The number of aromatic nitrogens is 1. The van der Waals surface area contributed by atoms with Crippen LogP contribution in [-0.4, -0.2) is 34.1 Å². The molecule has 1 atom stereocenters. The molecule has 1 fully saturated rings. The Balaban J connectivity index is 1.74. The SMILES string of the molecule is c1onc2c1CN([C@@H]1CCSC1)CC2. The molecule has 0 radical (unpaired) electrons. The van der Waals surface area contributed by atoms with Crippen LogP contribution in [0.25, 0.3) is 0 Å². The van der Waals surface area contributed by atoms with Crippen LogP contribution in [0.1, 0.15) is 17.7 Å². The predicted octanol–water partition coefficient (Wildman–Crippen LogP) is 1.54.